The molecular formula is C16H12F2N2O. The Morgan fingerprint density at radius 3 is 2.48 bits per heavy atom. The Morgan fingerprint density at radius 1 is 0.952 bits per heavy atom. The minimum atomic E-state index is -0.848. The average Bonchev–Trinajstić information content (AvgIpc) is 2.50. The van der Waals surface area contributed by atoms with Crippen molar-refractivity contribution in [1.29, 1.82) is 0 Å². The summed E-state index contributed by atoms with van der Waals surface area (Å²) in [5.41, 5.74) is 0. The van der Waals surface area contributed by atoms with E-state index in [1.807, 2.05) is 30.3 Å². The van der Waals surface area contributed by atoms with Gasteiger partial charge in [-0.2, -0.15) is 4.98 Å². The van der Waals surface area contributed by atoms with E-state index in [4.69, 9.17) is 4.74 Å². The molecule has 3 rings (SSSR count). The van der Waals surface area contributed by atoms with Gasteiger partial charge in [-0.15, -0.1) is 0 Å². The molecule has 0 bridgehead atoms. The molecule has 3 aromatic rings. The van der Waals surface area contributed by atoms with E-state index >= 15 is 0 Å². The van der Waals surface area contributed by atoms with Crippen LogP contribution in [0.25, 0.3) is 10.8 Å². The van der Waals surface area contributed by atoms with Gasteiger partial charge >= 0.3 is 0 Å². The van der Waals surface area contributed by atoms with Crippen LogP contribution in [0.4, 0.5) is 14.6 Å². The largest absolute Gasteiger partial charge is 0.436 e. The minimum absolute atomic E-state index is 0.0628. The van der Waals surface area contributed by atoms with Crippen LogP contribution in [0, 0.1) is 11.6 Å². The Kier molecular flexibility index (Phi) is 3.39. The Bertz CT molecular complexity index is 805. The van der Waals surface area contributed by atoms with Crippen molar-refractivity contribution in [3.8, 4) is 11.6 Å². The fourth-order valence-corrected chi connectivity index (χ4v) is 2.04. The number of nitrogens with zero attached hydrogens (tertiary/aromatic N) is 1. The third-order valence-electron chi connectivity index (χ3n) is 3.07. The van der Waals surface area contributed by atoms with Crippen LogP contribution in [0.1, 0.15) is 0 Å². The Balaban J connectivity index is 1.98. The molecule has 0 spiro atoms. The van der Waals surface area contributed by atoms with Crippen LogP contribution in [0.15, 0.2) is 48.5 Å². The Hall–Kier alpha value is -2.69. The first-order valence-electron chi connectivity index (χ1n) is 6.38. The predicted octanol–water partition coefficient (Wildman–Crippen LogP) is 4.35. The molecule has 0 aliphatic rings. The van der Waals surface area contributed by atoms with Crippen molar-refractivity contribution in [3.05, 3.63) is 60.2 Å². The van der Waals surface area contributed by atoms with Gasteiger partial charge in [-0.25, -0.2) is 8.78 Å². The van der Waals surface area contributed by atoms with Gasteiger partial charge in [0.05, 0.1) is 0 Å². The molecule has 0 fully saturated rings. The quantitative estimate of drug-likeness (QED) is 0.777. The second kappa shape index (κ2) is 5.36. The molecular weight excluding hydrogens is 274 g/mol. The standard InChI is InChI=1S/C16H12F2N2O/c1-19-15-13(17)9-14(18)16(20-15)21-12-7-6-10-4-2-3-5-11(10)8-12/h2-9H,1H3,(H,19,20). The molecule has 21 heavy (non-hydrogen) atoms. The topological polar surface area (TPSA) is 34.2 Å². The van der Waals surface area contributed by atoms with Crippen molar-refractivity contribution in [2.24, 2.45) is 0 Å². The second-order valence-corrected chi connectivity index (χ2v) is 4.47. The maximum atomic E-state index is 13.7. The summed E-state index contributed by atoms with van der Waals surface area (Å²) in [6, 6.07) is 13.8. The van der Waals surface area contributed by atoms with Gasteiger partial charge in [0.2, 0.25) is 0 Å². The van der Waals surface area contributed by atoms with Crippen LogP contribution >= 0.6 is 0 Å². The van der Waals surface area contributed by atoms with Gasteiger partial charge in [-0.1, -0.05) is 30.3 Å². The highest BCUT2D eigenvalue weighted by molar-refractivity contribution is 5.83. The SMILES string of the molecule is CNc1nc(Oc2ccc3ccccc3c2)c(F)cc1F. The monoisotopic (exact) mass is 286 g/mol. The number of fused-ring (bicyclic) bond motifs is 1. The van der Waals surface area contributed by atoms with Gasteiger partial charge in [0, 0.05) is 13.1 Å². The first-order chi connectivity index (χ1) is 10.2. The number of anilines is 1. The molecule has 1 heterocycles. The highest BCUT2D eigenvalue weighted by Crippen LogP contribution is 2.28. The molecule has 0 saturated carbocycles. The summed E-state index contributed by atoms with van der Waals surface area (Å²) >= 11 is 0. The van der Waals surface area contributed by atoms with E-state index in [2.05, 4.69) is 10.3 Å². The zero-order chi connectivity index (χ0) is 14.8. The number of hydrogen-bond donors (Lipinski definition) is 1. The summed E-state index contributed by atoms with van der Waals surface area (Å²) < 4.78 is 32.5. The van der Waals surface area contributed by atoms with Crippen molar-refractivity contribution in [3.63, 3.8) is 0 Å². The van der Waals surface area contributed by atoms with E-state index < -0.39 is 11.6 Å². The number of aromatic nitrogens is 1. The maximum Gasteiger partial charge on any atom is 0.258 e. The molecule has 0 aliphatic heterocycles. The first-order valence-corrected chi connectivity index (χ1v) is 6.38. The van der Waals surface area contributed by atoms with Crippen molar-refractivity contribution in [2.45, 2.75) is 0 Å². The van der Waals surface area contributed by atoms with Gasteiger partial charge in [0.1, 0.15) is 5.75 Å². The van der Waals surface area contributed by atoms with E-state index in [1.54, 1.807) is 12.1 Å². The van der Waals surface area contributed by atoms with E-state index in [1.165, 1.54) is 7.05 Å². The molecule has 106 valence electrons. The summed E-state index contributed by atoms with van der Waals surface area (Å²) in [5.74, 6) is -1.50. The van der Waals surface area contributed by atoms with Crippen molar-refractivity contribution in [2.75, 3.05) is 12.4 Å². The lowest BCUT2D eigenvalue weighted by Gasteiger charge is -2.09. The van der Waals surface area contributed by atoms with E-state index in [0.29, 0.717) is 5.75 Å². The summed E-state index contributed by atoms with van der Waals surface area (Å²) in [7, 11) is 1.50. The van der Waals surface area contributed by atoms with Gasteiger partial charge in [-0.3, -0.25) is 0 Å². The van der Waals surface area contributed by atoms with Crippen LogP contribution in [0.2, 0.25) is 0 Å². The molecule has 0 saturated heterocycles. The van der Waals surface area contributed by atoms with E-state index in [-0.39, 0.29) is 11.7 Å². The number of hydrogen-bond acceptors (Lipinski definition) is 3. The van der Waals surface area contributed by atoms with E-state index in [0.717, 1.165) is 16.8 Å². The lowest BCUT2D eigenvalue weighted by atomic mass is 10.1. The number of rotatable bonds is 3. The van der Waals surface area contributed by atoms with Crippen molar-refractivity contribution in [1.82, 2.24) is 4.98 Å². The molecule has 1 N–H and O–H groups in total. The van der Waals surface area contributed by atoms with Gasteiger partial charge in [-0.05, 0) is 22.9 Å². The summed E-state index contributed by atoms with van der Waals surface area (Å²) in [5, 5.41) is 4.56. The maximum absolute atomic E-state index is 13.7. The first kappa shape index (κ1) is 13.3. The number of benzene rings is 2. The fourth-order valence-electron chi connectivity index (χ4n) is 2.04. The lowest BCUT2D eigenvalue weighted by Crippen LogP contribution is -2.01. The lowest BCUT2D eigenvalue weighted by molar-refractivity contribution is 0.418. The van der Waals surface area contributed by atoms with Gasteiger partial charge in [0.25, 0.3) is 5.88 Å². The molecule has 0 radical (unpaired) electrons. The molecule has 0 atom stereocenters. The third kappa shape index (κ3) is 2.63. The number of nitrogens with one attached hydrogen (secondary N) is 1. The molecule has 5 heteroatoms. The normalized spacial score (nSPS) is 10.6. The summed E-state index contributed by atoms with van der Waals surface area (Å²) in [4.78, 5) is 3.78. The molecule has 1 aromatic heterocycles. The zero-order valence-electron chi connectivity index (χ0n) is 11.2. The zero-order valence-corrected chi connectivity index (χ0v) is 11.2. The molecule has 2 aromatic carbocycles. The highest BCUT2D eigenvalue weighted by Gasteiger charge is 2.13. The van der Waals surface area contributed by atoms with Crippen molar-refractivity contribution < 1.29 is 13.5 Å². The van der Waals surface area contributed by atoms with E-state index in [9.17, 15) is 8.78 Å². The van der Waals surface area contributed by atoms with Gasteiger partial charge in [0.15, 0.2) is 17.5 Å². The van der Waals surface area contributed by atoms with Crippen LogP contribution in [0.5, 0.6) is 11.6 Å². The minimum Gasteiger partial charge on any atom is -0.436 e. The fraction of sp³-hybridized carbons (Fsp3) is 0.0625. The highest BCUT2D eigenvalue weighted by atomic mass is 19.1. The molecule has 3 nitrogen and oxygen atoms in total. The Morgan fingerprint density at radius 2 is 1.71 bits per heavy atom. The average molecular weight is 286 g/mol. The predicted molar refractivity (Wildman–Crippen MR) is 77.7 cm³/mol. The second-order valence-electron chi connectivity index (χ2n) is 4.47. The number of ether oxygens (including phenoxy) is 1. The summed E-state index contributed by atoms with van der Waals surface area (Å²) in [6.45, 7) is 0. The summed E-state index contributed by atoms with van der Waals surface area (Å²) in [6.07, 6.45) is 0. The van der Waals surface area contributed by atoms with Gasteiger partial charge < -0.3 is 10.1 Å². The molecule has 0 unspecified atom stereocenters. The van der Waals surface area contributed by atoms with Crippen LogP contribution < -0.4 is 10.1 Å². The molecule has 0 amide bonds. The molecule has 0 aliphatic carbocycles. The smallest absolute Gasteiger partial charge is 0.258 e. The van der Waals surface area contributed by atoms with Crippen LogP contribution in [0.3, 0.4) is 0 Å². The van der Waals surface area contributed by atoms with Crippen LogP contribution in [-0.2, 0) is 0 Å². The third-order valence-corrected chi connectivity index (χ3v) is 3.07. The van der Waals surface area contributed by atoms with Crippen molar-refractivity contribution >= 4 is 16.6 Å². The Labute approximate surface area is 120 Å². The number of pyridine rings is 1. The number of halogens is 2. The van der Waals surface area contributed by atoms with Crippen LogP contribution in [-0.4, -0.2) is 12.0 Å².